The molecule has 0 radical (unpaired) electrons. The standard InChI is InChI=1S/C12H11N5O/c1-16-12(18)11-10(14-17(2)15-11)9(13-16)8-6-4-3-5-7-8/h3-7H,1-2H3. The largest absolute Gasteiger partial charge is 0.296 e. The maximum absolute atomic E-state index is 11.9. The maximum atomic E-state index is 11.9. The maximum Gasteiger partial charge on any atom is 0.296 e. The minimum absolute atomic E-state index is 0.238. The molecule has 0 bridgehead atoms. The summed E-state index contributed by atoms with van der Waals surface area (Å²) in [6.07, 6.45) is 0. The fourth-order valence-electron chi connectivity index (χ4n) is 1.90. The van der Waals surface area contributed by atoms with Crippen LogP contribution in [0, 0.1) is 0 Å². The van der Waals surface area contributed by atoms with E-state index in [1.807, 2.05) is 30.3 Å². The molecule has 3 aromatic rings. The molecular formula is C12H11N5O. The second-order valence-corrected chi connectivity index (χ2v) is 4.03. The Labute approximate surface area is 102 Å². The number of benzene rings is 1. The second kappa shape index (κ2) is 3.76. The van der Waals surface area contributed by atoms with Gasteiger partial charge in [0.15, 0.2) is 5.52 Å². The van der Waals surface area contributed by atoms with Gasteiger partial charge in [-0.1, -0.05) is 30.3 Å². The quantitative estimate of drug-likeness (QED) is 0.630. The number of hydrogen-bond donors (Lipinski definition) is 0. The minimum atomic E-state index is -0.238. The third-order valence-electron chi connectivity index (χ3n) is 2.73. The Morgan fingerprint density at radius 3 is 2.33 bits per heavy atom. The average molecular weight is 241 g/mol. The number of rotatable bonds is 1. The van der Waals surface area contributed by atoms with Crippen molar-refractivity contribution in [3.8, 4) is 11.3 Å². The summed E-state index contributed by atoms with van der Waals surface area (Å²) in [5, 5.41) is 12.6. The van der Waals surface area contributed by atoms with Gasteiger partial charge in [0.1, 0.15) is 11.2 Å². The third kappa shape index (κ3) is 1.50. The van der Waals surface area contributed by atoms with Gasteiger partial charge in [-0.05, 0) is 0 Å². The smallest absolute Gasteiger partial charge is 0.265 e. The van der Waals surface area contributed by atoms with Crippen LogP contribution in [0.2, 0.25) is 0 Å². The van der Waals surface area contributed by atoms with Crippen molar-refractivity contribution in [2.45, 2.75) is 0 Å². The molecule has 0 saturated carbocycles. The molecule has 6 nitrogen and oxygen atoms in total. The first-order chi connectivity index (χ1) is 8.66. The Morgan fingerprint density at radius 1 is 0.944 bits per heavy atom. The first-order valence-corrected chi connectivity index (χ1v) is 5.50. The van der Waals surface area contributed by atoms with Crippen LogP contribution < -0.4 is 5.56 Å². The molecule has 0 saturated heterocycles. The van der Waals surface area contributed by atoms with Gasteiger partial charge in [-0.15, -0.1) is 5.10 Å². The van der Waals surface area contributed by atoms with E-state index in [0.29, 0.717) is 16.7 Å². The van der Waals surface area contributed by atoms with E-state index in [1.54, 1.807) is 14.1 Å². The lowest BCUT2D eigenvalue weighted by molar-refractivity contribution is 0.664. The molecule has 0 fully saturated rings. The van der Waals surface area contributed by atoms with Crippen LogP contribution in [0.1, 0.15) is 0 Å². The van der Waals surface area contributed by atoms with Crippen LogP contribution in [0.4, 0.5) is 0 Å². The molecule has 0 aliphatic heterocycles. The van der Waals surface area contributed by atoms with Crippen molar-refractivity contribution in [3.63, 3.8) is 0 Å². The Hall–Kier alpha value is -2.50. The molecule has 0 amide bonds. The molecule has 2 aromatic heterocycles. The van der Waals surface area contributed by atoms with E-state index in [0.717, 1.165) is 5.56 Å². The van der Waals surface area contributed by atoms with Crippen molar-refractivity contribution in [2.75, 3.05) is 0 Å². The lowest BCUT2D eigenvalue weighted by atomic mass is 10.1. The molecule has 0 spiro atoms. The molecule has 2 heterocycles. The van der Waals surface area contributed by atoms with Crippen molar-refractivity contribution in [1.29, 1.82) is 0 Å². The van der Waals surface area contributed by atoms with Crippen LogP contribution in [-0.4, -0.2) is 24.8 Å². The molecule has 0 unspecified atom stereocenters. The highest BCUT2D eigenvalue weighted by atomic mass is 16.1. The van der Waals surface area contributed by atoms with Gasteiger partial charge >= 0.3 is 0 Å². The summed E-state index contributed by atoms with van der Waals surface area (Å²) >= 11 is 0. The van der Waals surface area contributed by atoms with Crippen LogP contribution >= 0.6 is 0 Å². The van der Waals surface area contributed by atoms with Gasteiger partial charge in [0, 0.05) is 19.7 Å². The van der Waals surface area contributed by atoms with Gasteiger partial charge in [0.2, 0.25) is 0 Å². The van der Waals surface area contributed by atoms with E-state index in [4.69, 9.17) is 0 Å². The number of fused-ring (bicyclic) bond motifs is 1. The second-order valence-electron chi connectivity index (χ2n) is 4.03. The van der Waals surface area contributed by atoms with Crippen LogP contribution in [0.15, 0.2) is 35.1 Å². The predicted octanol–water partition coefficient (Wildman–Crippen LogP) is 0.729. The third-order valence-corrected chi connectivity index (χ3v) is 2.73. The van der Waals surface area contributed by atoms with E-state index in [9.17, 15) is 4.79 Å². The van der Waals surface area contributed by atoms with E-state index < -0.39 is 0 Å². The lowest BCUT2D eigenvalue weighted by Gasteiger charge is -2.02. The summed E-state index contributed by atoms with van der Waals surface area (Å²) in [6, 6.07) is 9.63. The molecule has 0 atom stereocenters. The normalized spacial score (nSPS) is 11.0. The zero-order valence-electron chi connectivity index (χ0n) is 10.0. The zero-order valence-corrected chi connectivity index (χ0v) is 10.0. The van der Waals surface area contributed by atoms with Crippen LogP contribution in [0.5, 0.6) is 0 Å². The summed E-state index contributed by atoms with van der Waals surface area (Å²) < 4.78 is 1.29. The number of hydrogen-bond acceptors (Lipinski definition) is 4. The van der Waals surface area contributed by atoms with Crippen molar-refractivity contribution in [3.05, 3.63) is 40.7 Å². The summed E-state index contributed by atoms with van der Waals surface area (Å²) in [5.74, 6) is 0. The predicted molar refractivity (Wildman–Crippen MR) is 67.0 cm³/mol. The zero-order chi connectivity index (χ0) is 12.7. The van der Waals surface area contributed by atoms with Crippen molar-refractivity contribution < 1.29 is 0 Å². The molecule has 3 rings (SSSR count). The average Bonchev–Trinajstić information content (AvgIpc) is 2.77. The molecule has 6 heteroatoms. The Kier molecular flexibility index (Phi) is 2.22. The van der Waals surface area contributed by atoms with Gasteiger partial charge in [-0.3, -0.25) is 4.79 Å². The fourth-order valence-corrected chi connectivity index (χ4v) is 1.90. The monoisotopic (exact) mass is 241 g/mol. The Bertz CT molecular complexity index is 772. The van der Waals surface area contributed by atoms with Crippen LogP contribution in [0.25, 0.3) is 22.3 Å². The van der Waals surface area contributed by atoms with Gasteiger partial charge < -0.3 is 0 Å². The van der Waals surface area contributed by atoms with E-state index in [2.05, 4.69) is 15.3 Å². The number of aromatic nitrogens is 5. The van der Waals surface area contributed by atoms with Gasteiger partial charge in [-0.2, -0.15) is 15.0 Å². The van der Waals surface area contributed by atoms with Gasteiger partial charge in [-0.25, -0.2) is 4.68 Å². The highest BCUT2D eigenvalue weighted by Gasteiger charge is 2.15. The number of nitrogens with zero attached hydrogens (tertiary/aromatic N) is 5. The minimum Gasteiger partial charge on any atom is -0.265 e. The first-order valence-electron chi connectivity index (χ1n) is 5.50. The molecular weight excluding hydrogens is 230 g/mol. The molecule has 1 aromatic carbocycles. The lowest BCUT2D eigenvalue weighted by Crippen LogP contribution is -2.20. The summed E-state index contributed by atoms with van der Waals surface area (Å²) in [6.45, 7) is 0. The molecule has 0 aliphatic rings. The van der Waals surface area contributed by atoms with E-state index in [1.165, 1.54) is 9.48 Å². The summed E-state index contributed by atoms with van der Waals surface area (Å²) in [4.78, 5) is 13.3. The molecule has 90 valence electrons. The molecule has 0 aliphatic carbocycles. The van der Waals surface area contributed by atoms with E-state index in [-0.39, 0.29) is 5.56 Å². The van der Waals surface area contributed by atoms with Crippen LogP contribution in [0.3, 0.4) is 0 Å². The fraction of sp³-hybridized carbons (Fsp3) is 0.167. The SMILES string of the molecule is Cn1nc2c(-c3ccccc3)nn(C)c(=O)c2n1. The van der Waals surface area contributed by atoms with Gasteiger partial charge in [0.05, 0.1) is 0 Å². The topological polar surface area (TPSA) is 65.6 Å². The van der Waals surface area contributed by atoms with Crippen LogP contribution in [-0.2, 0) is 14.1 Å². The summed E-state index contributed by atoms with van der Waals surface area (Å²) in [7, 11) is 3.30. The Morgan fingerprint density at radius 2 is 1.61 bits per heavy atom. The summed E-state index contributed by atoms with van der Waals surface area (Å²) in [5.41, 5.74) is 2.22. The van der Waals surface area contributed by atoms with Crippen molar-refractivity contribution in [1.82, 2.24) is 24.8 Å². The van der Waals surface area contributed by atoms with Crippen molar-refractivity contribution >= 4 is 11.0 Å². The number of aryl methyl sites for hydroxylation is 2. The van der Waals surface area contributed by atoms with Crippen molar-refractivity contribution in [2.24, 2.45) is 14.1 Å². The highest BCUT2D eigenvalue weighted by molar-refractivity contribution is 5.87. The first kappa shape index (κ1) is 10.6. The molecule has 0 N–H and O–H groups in total. The Balaban J connectivity index is 2.43. The van der Waals surface area contributed by atoms with Gasteiger partial charge in [0.25, 0.3) is 5.56 Å². The molecule has 18 heavy (non-hydrogen) atoms. The van der Waals surface area contributed by atoms with E-state index >= 15 is 0 Å². The highest BCUT2D eigenvalue weighted by Crippen LogP contribution is 2.21.